The van der Waals surface area contributed by atoms with Gasteiger partial charge in [-0.3, -0.25) is 10.1 Å². The molecule has 6 heteroatoms. The number of carbonyl (C=O) groups excluding carboxylic acids is 1. The van der Waals surface area contributed by atoms with E-state index < -0.39 is 5.82 Å². The fourth-order valence-corrected chi connectivity index (χ4v) is 1.66. The third kappa shape index (κ3) is 2.17. The number of nitrogen functional groups attached to an aromatic ring is 1. The number of carbonyl (C=O) groups is 1. The van der Waals surface area contributed by atoms with E-state index in [0.717, 1.165) is 6.07 Å². The zero-order valence-corrected chi connectivity index (χ0v) is 8.92. The smallest absolute Gasteiger partial charge is 0.257 e. The van der Waals surface area contributed by atoms with Crippen molar-refractivity contribution in [2.24, 2.45) is 0 Å². The van der Waals surface area contributed by atoms with Crippen LogP contribution in [-0.2, 0) is 0 Å². The minimum Gasteiger partial charge on any atom is -0.396 e. The van der Waals surface area contributed by atoms with Gasteiger partial charge in [-0.05, 0) is 18.2 Å². The molecule has 2 aromatic rings. The van der Waals surface area contributed by atoms with Crippen LogP contribution in [0, 0.1) is 5.82 Å². The minimum absolute atomic E-state index is 0.0493. The average Bonchev–Trinajstić information content (AvgIpc) is 2.74. The van der Waals surface area contributed by atoms with Crippen LogP contribution in [0.15, 0.2) is 29.8 Å². The largest absolute Gasteiger partial charge is 0.396 e. The molecule has 82 valence electrons. The second kappa shape index (κ2) is 4.28. The Bertz CT molecular complexity index is 513. The van der Waals surface area contributed by atoms with Crippen LogP contribution in [0.4, 0.5) is 15.2 Å². The van der Waals surface area contributed by atoms with E-state index in [2.05, 4.69) is 10.3 Å². The fourth-order valence-electron chi connectivity index (χ4n) is 1.14. The number of hydrogen-bond donors (Lipinski definition) is 2. The lowest BCUT2D eigenvalue weighted by atomic mass is 10.2. The molecule has 0 aliphatic rings. The van der Waals surface area contributed by atoms with Gasteiger partial charge in [0, 0.05) is 17.1 Å². The molecule has 16 heavy (non-hydrogen) atoms. The standard InChI is InChI=1S/C10H8FN3OS/c11-7-2-1-6(5-8(7)12)9(15)14-10-13-3-4-16-10/h1-5H,12H2,(H,13,14,15). The molecule has 2 rings (SSSR count). The van der Waals surface area contributed by atoms with Gasteiger partial charge >= 0.3 is 0 Å². The normalized spacial score (nSPS) is 10.1. The highest BCUT2D eigenvalue weighted by Gasteiger charge is 2.09. The SMILES string of the molecule is Nc1cc(C(=O)Nc2nccs2)ccc1F. The molecular formula is C10H8FN3OS. The first kappa shape index (κ1) is 10.6. The Morgan fingerprint density at radius 3 is 2.94 bits per heavy atom. The molecule has 1 aromatic carbocycles. The summed E-state index contributed by atoms with van der Waals surface area (Å²) in [6.07, 6.45) is 1.58. The van der Waals surface area contributed by atoms with Crippen LogP contribution < -0.4 is 11.1 Å². The molecule has 0 bridgehead atoms. The number of aromatic nitrogens is 1. The van der Waals surface area contributed by atoms with Crippen molar-refractivity contribution in [3.63, 3.8) is 0 Å². The quantitative estimate of drug-likeness (QED) is 0.786. The van der Waals surface area contributed by atoms with E-state index in [0.29, 0.717) is 10.7 Å². The Kier molecular flexibility index (Phi) is 2.82. The second-order valence-electron chi connectivity index (χ2n) is 3.03. The van der Waals surface area contributed by atoms with E-state index in [9.17, 15) is 9.18 Å². The molecule has 0 aliphatic carbocycles. The van der Waals surface area contributed by atoms with Gasteiger partial charge in [0.25, 0.3) is 5.91 Å². The molecule has 0 fully saturated rings. The van der Waals surface area contributed by atoms with E-state index in [1.165, 1.54) is 23.5 Å². The maximum Gasteiger partial charge on any atom is 0.257 e. The first-order chi connectivity index (χ1) is 7.66. The number of nitrogens with two attached hydrogens (primary N) is 1. The molecule has 3 N–H and O–H groups in total. The summed E-state index contributed by atoms with van der Waals surface area (Å²) < 4.78 is 12.9. The summed E-state index contributed by atoms with van der Waals surface area (Å²) in [5, 5.41) is 4.81. The van der Waals surface area contributed by atoms with Gasteiger partial charge in [0.05, 0.1) is 5.69 Å². The summed E-state index contributed by atoms with van der Waals surface area (Å²) in [4.78, 5) is 15.6. The highest BCUT2D eigenvalue weighted by atomic mass is 32.1. The Labute approximate surface area is 94.9 Å². The number of amides is 1. The van der Waals surface area contributed by atoms with E-state index in [1.807, 2.05) is 0 Å². The average molecular weight is 237 g/mol. The van der Waals surface area contributed by atoms with Crippen molar-refractivity contribution < 1.29 is 9.18 Å². The third-order valence-corrected chi connectivity index (χ3v) is 2.60. The zero-order chi connectivity index (χ0) is 11.5. The van der Waals surface area contributed by atoms with Crippen LogP contribution in [0.5, 0.6) is 0 Å². The van der Waals surface area contributed by atoms with Gasteiger partial charge in [0.15, 0.2) is 5.13 Å². The predicted molar refractivity (Wildman–Crippen MR) is 60.9 cm³/mol. The molecule has 0 saturated carbocycles. The second-order valence-corrected chi connectivity index (χ2v) is 3.92. The van der Waals surface area contributed by atoms with Crippen molar-refractivity contribution in [3.8, 4) is 0 Å². The van der Waals surface area contributed by atoms with Crippen molar-refractivity contribution >= 4 is 28.1 Å². The minimum atomic E-state index is -0.536. The summed E-state index contributed by atoms with van der Waals surface area (Å²) in [5.74, 6) is -0.896. The van der Waals surface area contributed by atoms with Gasteiger partial charge in [-0.25, -0.2) is 9.37 Å². The van der Waals surface area contributed by atoms with Crippen LogP contribution in [0.2, 0.25) is 0 Å². The number of rotatable bonds is 2. The number of halogens is 1. The lowest BCUT2D eigenvalue weighted by molar-refractivity contribution is 0.102. The maximum atomic E-state index is 12.9. The number of nitrogens with zero attached hydrogens (tertiary/aromatic N) is 1. The van der Waals surface area contributed by atoms with Crippen LogP contribution >= 0.6 is 11.3 Å². The molecule has 0 radical (unpaired) electrons. The van der Waals surface area contributed by atoms with Crippen molar-refractivity contribution in [1.82, 2.24) is 4.98 Å². The molecule has 0 spiro atoms. The first-order valence-electron chi connectivity index (χ1n) is 4.42. The molecular weight excluding hydrogens is 229 g/mol. The zero-order valence-electron chi connectivity index (χ0n) is 8.11. The van der Waals surface area contributed by atoms with Crippen LogP contribution in [0.3, 0.4) is 0 Å². The lowest BCUT2D eigenvalue weighted by Gasteiger charge is -2.03. The molecule has 4 nitrogen and oxygen atoms in total. The molecule has 0 aliphatic heterocycles. The van der Waals surface area contributed by atoms with Gasteiger partial charge < -0.3 is 5.73 Å². The summed E-state index contributed by atoms with van der Waals surface area (Å²) in [6.45, 7) is 0. The lowest BCUT2D eigenvalue weighted by Crippen LogP contribution is -2.12. The van der Waals surface area contributed by atoms with Crippen LogP contribution in [0.25, 0.3) is 0 Å². The van der Waals surface area contributed by atoms with Crippen LogP contribution in [-0.4, -0.2) is 10.9 Å². The number of thiazole rings is 1. The van der Waals surface area contributed by atoms with E-state index in [4.69, 9.17) is 5.73 Å². The predicted octanol–water partition coefficient (Wildman–Crippen LogP) is 2.12. The molecule has 0 unspecified atom stereocenters. The maximum absolute atomic E-state index is 12.9. The van der Waals surface area contributed by atoms with Gasteiger partial charge in [-0.15, -0.1) is 11.3 Å². The Morgan fingerprint density at radius 1 is 1.50 bits per heavy atom. The van der Waals surface area contributed by atoms with E-state index >= 15 is 0 Å². The Hall–Kier alpha value is -1.95. The van der Waals surface area contributed by atoms with Gasteiger partial charge in [0.1, 0.15) is 5.82 Å². The van der Waals surface area contributed by atoms with E-state index in [-0.39, 0.29) is 11.6 Å². The highest BCUT2D eigenvalue weighted by Crippen LogP contribution is 2.15. The number of anilines is 2. The van der Waals surface area contributed by atoms with Gasteiger partial charge in [0.2, 0.25) is 0 Å². The highest BCUT2D eigenvalue weighted by molar-refractivity contribution is 7.13. The van der Waals surface area contributed by atoms with Crippen molar-refractivity contribution in [3.05, 3.63) is 41.2 Å². The number of nitrogens with one attached hydrogen (secondary N) is 1. The van der Waals surface area contributed by atoms with Gasteiger partial charge in [-0.2, -0.15) is 0 Å². The Morgan fingerprint density at radius 2 is 2.31 bits per heavy atom. The molecule has 1 aromatic heterocycles. The molecule has 0 atom stereocenters. The summed E-state index contributed by atoms with van der Waals surface area (Å²) in [7, 11) is 0. The Balaban J connectivity index is 2.18. The third-order valence-electron chi connectivity index (χ3n) is 1.91. The van der Waals surface area contributed by atoms with Gasteiger partial charge in [-0.1, -0.05) is 0 Å². The summed E-state index contributed by atoms with van der Waals surface area (Å²) in [5.41, 5.74) is 5.61. The molecule has 1 heterocycles. The summed E-state index contributed by atoms with van der Waals surface area (Å²) >= 11 is 1.30. The number of benzene rings is 1. The van der Waals surface area contributed by atoms with Crippen molar-refractivity contribution in [2.45, 2.75) is 0 Å². The number of hydrogen-bond acceptors (Lipinski definition) is 4. The first-order valence-corrected chi connectivity index (χ1v) is 5.30. The topological polar surface area (TPSA) is 68.0 Å². The van der Waals surface area contributed by atoms with E-state index in [1.54, 1.807) is 11.6 Å². The van der Waals surface area contributed by atoms with Crippen molar-refractivity contribution in [1.29, 1.82) is 0 Å². The fraction of sp³-hybridized carbons (Fsp3) is 0. The molecule has 1 amide bonds. The van der Waals surface area contributed by atoms with Crippen LogP contribution in [0.1, 0.15) is 10.4 Å². The van der Waals surface area contributed by atoms with Crippen molar-refractivity contribution in [2.75, 3.05) is 11.1 Å². The monoisotopic (exact) mass is 237 g/mol. The molecule has 0 saturated heterocycles. The summed E-state index contributed by atoms with van der Waals surface area (Å²) in [6, 6.07) is 3.82.